The largest absolute Gasteiger partial charge is 0.314 e. The van der Waals surface area contributed by atoms with Crippen molar-refractivity contribution in [3.8, 4) is 0 Å². The molecule has 3 unspecified atom stereocenters. The maximum atomic E-state index is 3.75. The van der Waals surface area contributed by atoms with E-state index < -0.39 is 0 Å². The highest BCUT2D eigenvalue weighted by Crippen LogP contribution is 2.32. The first-order valence-electron chi connectivity index (χ1n) is 7.98. The van der Waals surface area contributed by atoms with Gasteiger partial charge < -0.3 is 5.32 Å². The van der Waals surface area contributed by atoms with Crippen LogP contribution in [0.4, 0.5) is 0 Å². The van der Waals surface area contributed by atoms with Crippen LogP contribution in [0.3, 0.4) is 0 Å². The van der Waals surface area contributed by atoms with Crippen molar-refractivity contribution in [3.05, 3.63) is 35.4 Å². The number of benzene rings is 1. The van der Waals surface area contributed by atoms with Crippen LogP contribution in [-0.4, -0.2) is 12.6 Å². The lowest BCUT2D eigenvalue weighted by molar-refractivity contribution is 0.222. The first-order chi connectivity index (χ1) is 9.20. The normalized spacial score (nSPS) is 25.2. The second-order valence-electron chi connectivity index (χ2n) is 6.33. The van der Waals surface area contributed by atoms with Gasteiger partial charge in [-0.05, 0) is 55.7 Å². The van der Waals surface area contributed by atoms with E-state index in [1.54, 1.807) is 0 Å². The average Bonchev–Trinajstić information content (AvgIpc) is 2.40. The number of aryl methyl sites for hydroxylation is 1. The van der Waals surface area contributed by atoms with Crippen LogP contribution in [0, 0.1) is 18.8 Å². The molecule has 0 aromatic heterocycles. The summed E-state index contributed by atoms with van der Waals surface area (Å²) in [5, 5.41) is 3.75. The molecule has 19 heavy (non-hydrogen) atoms. The Labute approximate surface area is 118 Å². The van der Waals surface area contributed by atoms with E-state index in [0.29, 0.717) is 6.04 Å². The minimum absolute atomic E-state index is 0.661. The fourth-order valence-corrected chi connectivity index (χ4v) is 3.59. The lowest BCUT2D eigenvalue weighted by atomic mass is 9.77. The summed E-state index contributed by atoms with van der Waals surface area (Å²) in [4.78, 5) is 0. The summed E-state index contributed by atoms with van der Waals surface area (Å²) in [7, 11) is 0. The highest BCUT2D eigenvalue weighted by molar-refractivity contribution is 5.26. The second kappa shape index (κ2) is 7.09. The van der Waals surface area contributed by atoms with Crippen molar-refractivity contribution < 1.29 is 0 Å². The van der Waals surface area contributed by atoms with Crippen LogP contribution >= 0.6 is 0 Å². The predicted molar refractivity (Wildman–Crippen MR) is 83.5 cm³/mol. The zero-order valence-electron chi connectivity index (χ0n) is 12.8. The molecule has 2 rings (SSSR count). The van der Waals surface area contributed by atoms with Crippen molar-refractivity contribution in [2.45, 2.75) is 58.9 Å². The topological polar surface area (TPSA) is 12.0 Å². The van der Waals surface area contributed by atoms with E-state index in [9.17, 15) is 0 Å². The van der Waals surface area contributed by atoms with Gasteiger partial charge in [0.25, 0.3) is 0 Å². The highest BCUT2D eigenvalue weighted by Gasteiger charge is 2.26. The van der Waals surface area contributed by atoms with Crippen LogP contribution in [0.1, 0.15) is 50.7 Å². The summed E-state index contributed by atoms with van der Waals surface area (Å²) in [6, 6.07) is 9.51. The first-order valence-corrected chi connectivity index (χ1v) is 7.98. The molecule has 1 aromatic carbocycles. The Hall–Kier alpha value is -0.820. The zero-order chi connectivity index (χ0) is 13.7. The molecule has 3 atom stereocenters. The first kappa shape index (κ1) is 14.6. The molecule has 1 fully saturated rings. The number of hydrogen-bond donors (Lipinski definition) is 1. The van der Waals surface area contributed by atoms with Gasteiger partial charge in [0.2, 0.25) is 0 Å². The SMILES string of the molecule is CCNC(Cc1ccccc1C)C1CCCC(C)C1. The van der Waals surface area contributed by atoms with Gasteiger partial charge in [0, 0.05) is 6.04 Å². The summed E-state index contributed by atoms with van der Waals surface area (Å²) >= 11 is 0. The molecule has 0 radical (unpaired) electrons. The number of nitrogens with one attached hydrogen (secondary N) is 1. The molecule has 1 heteroatoms. The van der Waals surface area contributed by atoms with E-state index in [1.165, 1.54) is 43.2 Å². The van der Waals surface area contributed by atoms with Crippen molar-refractivity contribution in [2.75, 3.05) is 6.54 Å². The maximum Gasteiger partial charge on any atom is 0.0136 e. The second-order valence-corrected chi connectivity index (χ2v) is 6.33. The number of hydrogen-bond acceptors (Lipinski definition) is 1. The van der Waals surface area contributed by atoms with Crippen molar-refractivity contribution in [3.63, 3.8) is 0 Å². The average molecular weight is 259 g/mol. The standard InChI is InChI=1S/C18H29N/c1-4-19-18(17-11-7-8-14(2)12-17)13-16-10-6-5-9-15(16)3/h5-6,9-10,14,17-19H,4,7-8,11-13H2,1-3H3. The van der Waals surface area contributed by atoms with Crippen LogP contribution in [0.15, 0.2) is 24.3 Å². The molecular formula is C18H29N. The van der Waals surface area contributed by atoms with E-state index >= 15 is 0 Å². The molecule has 106 valence electrons. The van der Waals surface area contributed by atoms with Gasteiger partial charge in [0.05, 0.1) is 0 Å². The fraction of sp³-hybridized carbons (Fsp3) is 0.667. The number of rotatable bonds is 5. The van der Waals surface area contributed by atoms with Crippen molar-refractivity contribution in [1.29, 1.82) is 0 Å². The lowest BCUT2D eigenvalue weighted by Crippen LogP contribution is -2.40. The van der Waals surface area contributed by atoms with Gasteiger partial charge in [-0.3, -0.25) is 0 Å². The molecular weight excluding hydrogens is 230 g/mol. The summed E-state index contributed by atoms with van der Waals surface area (Å²) in [5.41, 5.74) is 2.96. The Kier molecular flexibility index (Phi) is 5.45. The van der Waals surface area contributed by atoms with E-state index in [0.717, 1.165) is 18.4 Å². The smallest absolute Gasteiger partial charge is 0.0136 e. The summed E-state index contributed by atoms with van der Waals surface area (Å²) < 4.78 is 0. The van der Waals surface area contributed by atoms with Gasteiger partial charge in [0.1, 0.15) is 0 Å². The molecule has 1 saturated carbocycles. The summed E-state index contributed by atoms with van der Waals surface area (Å²) in [6.07, 6.45) is 6.86. The maximum absolute atomic E-state index is 3.75. The third kappa shape index (κ3) is 4.07. The van der Waals surface area contributed by atoms with E-state index in [-0.39, 0.29) is 0 Å². The lowest BCUT2D eigenvalue weighted by Gasteiger charge is -2.34. The van der Waals surface area contributed by atoms with E-state index in [2.05, 4.69) is 50.4 Å². The molecule has 1 aliphatic carbocycles. The van der Waals surface area contributed by atoms with Crippen molar-refractivity contribution >= 4 is 0 Å². The van der Waals surface area contributed by atoms with Gasteiger partial charge in [-0.2, -0.15) is 0 Å². The van der Waals surface area contributed by atoms with Crippen LogP contribution in [-0.2, 0) is 6.42 Å². The Morgan fingerprint density at radius 1 is 1.26 bits per heavy atom. The molecule has 1 N–H and O–H groups in total. The Balaban J connectivity index is 2.05. The molecule has 1 nitrogen and oxygen atoms in total. The van der Waals surface area contributed by atoms with Gasteiger partial charge >= 0.3 is 0 Å². The molecule has 0 aliphatic heterocycles. The molecule has 0 heterocycles. The van der Waals surface area contributed by atoms with Gasteiger partial charge in [-0.1, -0.05) is 51.0 Å². The third-order valence-electron chi connectivity index (χ3n) is 4.71. The summed E-state index contributed by atoms with van der Waals surface area (Å²) in [6.45, 7) is 7.98. The van der Waals surface area contributed by atoms with Crippen LogP contribution < -0.4 is 5.32 Å². The molecule has 0 amide bonds. The molecule has 0 bridgehead atoms. The predicted octanol–water partition coefficient (Wildman–Crippen LogP) is 4.34. The van der Waals surface area contributed by atoms with Gasteiger partial charge in [-0.25, -0.2) is 0 Å². The van der Waals surface area contributed by atoms with E-state index in [1.807, 2.05) is 0 Å². The van der Waals surface area contributed by atoms with Crippen LogP contribution in [0.2, 0.25) is 0 Å². The highest BCUT2D eigenvalue weighted by atomic mass is 14.9. The zero-order valence-corrected chi connectivity index (χ0v) is 12.8. The Morgan fingerprint density at radius 2 is 2.05 bits per heavy atom. The molecule has 0 saturated heterocycles. The summed E-state index contributed by atoms with van der Waals surface area (Å²) in [5.74, 6) is 1.78. The monoisotopic (exact) mass is 259 g/mol. The van der Waals surface area contributed by atoms with Crippen LogP contribution in [0.25, 0.3) is 0 Å². The molecule has 1 aromatic rings. The fourth-order valence-electron chi connectivity index (χ4n) is 3.59. The van der Waals surface area contributed by atoms with Gasteiger partial charge in [0.15, 0.2) is 0 Å². The Morgan fingerprint density at radius 3 is 2.74 bits per heavy atom. The quantitative estimate of drug-likeness (QED) is 0.829. The van der Waals surface area contributed by atoms with Crippen molar-refractivity contribution in [2.24, 2.45) is 11.8 Å². The minimum atomic E-state index is 0.661. The molecule has 0 spiro atoms. The van der Waals surface area contributed by atoms with E-state index in [4.69, 9.17) is 0 Å². The molecule has 1 aliphatic rings. The third-order valence-corrected chi connectivity index (χ3v) is 4.71. The number of likely N-dealkylation sites (N-methyl/N-ethyl adjacent to an activating group) is 1. The van der Waals surface area contributed by atoms with Gasteiger partial charge in [-0.15, -0.1) is 0 Å². The van der Waals surface area contributed by atoms with Crippen LogP contribution in [0.5, 0.6) is 0 Å². The Bertz CT molecular complexity index is 385. The van der Waals surface area contributed by atoms with Crippen molar-refractivity contribution in [1.82, 2.24) is 5.32 Å². The minimum Gasteiger partial charge on any atom is -0.314 e.